The molecule has 0 atom stereocenters. The molecule has 0 aliphatic rings. The van der Waals surface area contributed by atoms with Crippen LogP contribution >= 0.6 is 0 Å². The molecule has 0 radical (unpaired) electrons. The van der Waals surface area contributed by atoms with Gasteiger partial charge in [0.15, 0.2) is 0 Å². The number of carbonyl (C=O) groups excluding carboxylic acids is 1. The van der Waals surface area contributed by atoms with Gasteiger partial charge in [0.1, 0.15) is 23.1 Å². The summed E-state index contributed by atoms with van der Waals surface area (Å²) in [5, 5.41) is 2.17. The highest BCUT2D eigenvalue weighted by atomic mass is 19.1. The van der Waals surface area contributed by atoms with Crippen molar-refractivity contribution in [1.29, 1.82) is 0 Å². The average Bonchev–Trinajstić information content (AvgIpc) is 2.42. The van der Waals surface area contributed by atoms with Crippen LogP contribution in [0.1, 0.15) is 10.4 Å². The fourth-order valence-corrected chi connectivity index (χ4v) is 1.67. The van der Waals surface area contributed by atoms with Crippen molar-refractivity contribution in [3.8, 4) is 5.75 Å². The molecular weight excluding hydrogens is 266 g/mol. The molecule has 0 fully saturated rings. The van der Waals surface area contributed by atoms with Crippen molar-refractivity contribution in [2.24, 2.45) is 0 Å². The Labute approximate surface area is 114 Å². The fraction of sp³-hybridized carbons (Fsp3) is 0.0714. The summed E-state index contributed by atoms with van der Waals surface area (Å²) in [6.07, 6.45) is 0. The number of benzene rings is 2. The first kappa shape index (κ1) is 13.8. The second-order valence-electron chi connectivity index (χ2n) is 4.05. The first-order chi connectivity index (χ1) is 9.51. The quantitative estimate of drug-likeness (QED) is 0.848. The summed E-state index contributed by atoms with van der Waals surface area (Å²) in [6, 6.07) is 7.66. The Hall–Kier alpha value is -2.63. The second-order valence-corrected chi connectivity index (χ2v) is 4.05. The Bertz CT molecular complexity index is 639. The number of hydrogen-bond donors (Lipinski definition) is 2. The molecule has 0 unspecified atom stereocenters. The highest BCUT2D eigenvalue weighted by Crippen LogP contribution is 2.22. The summed E-state index contributed by atoms with van der Waals surface area (Å²) < 4.78 is 31.9. The number of ether oxygens (including phenoxy) is 1. The lowest BCUT2D eigenvalue weighted by atomic mass is 10.1. The molecule has 0 aromatic heterocycles. The van der Waals surface area contributed by atoms with Crippen LogP contribution in [0.5, 0.6) is 5.75 Å². The van der Waals surface area contributed by atoms with E-state index >= 15 is 0 Å². The van der Waals surface area contributed by atoms with Gasteiger partial charge < -0.3 is 15.8 Å². The minimum absolute atomic E-state index is 0.143. The minimum atomic E-state index is -0.853. The molecule has 20 heavy (non-hydrogen) atoms. The van der Waals surface area contributed by atoms with E-state index in [0.717, 1.165) is 12.1 Å². The van der Waals surface area contributed by atoms with Crippen LogP contribution in [0.2, 0.25) is 0 Å². The lowest BCUT2D eigenvalue weighted by molar-refractivity contribution is 0.102. The van der Waals surface area contributed by atoms with Gasteiger partial charge in [-0.05, 0) is 24.3 Å². The van der Waals surface area contributed by atoms with E-state index in [2.05, 4.69) is 5.32 Å². The van der Waals surface area contributed by atoms with Crippen molar-refractivity contribution in [3.63, 3.8) is 0 Å². The molecule has 3 N–H and O–H groups in total. The van der Waals surface area contributed by atoms with E-state index in [4.69, 9.17) is 10.5 Å². The third-order valence-corrected chi connectivity index (χ3v) is 2.63. The van der Waals surface area contributed by atoms with Gasteiger partial charge in [-0.2, -0.15) is 0 Å². The molecule has 0 saturated carbocycles. The van der Waals surface area contributed by atoms with Crippen molar-refractivity contribution in [1.82, 2.24) is 0 Å². The van der Waals surface area contributed by atoms with Crippen LogP contribution < -0.4 is 15.8 Å². The molecule has 0 heterocycles. The summed E-state index contributed by atoms with van der Waals surface area (Å²) in [4.78, 5) is 12.0. The van der Waals surface area contributed by atoms with Gasteiger partial charge >= 0.3 is 0 Å². The van der Waals surface area contributed by atoms with Gasteiger partial charge in [0, 0.05) is 17.3 Å². The number of nitrogens with one attached hydrogen (secondary N) is 1. The first-order valence-corrected chi connectivity index (χ1v) is 5.71. The molecule has 2 aromatic carbocycles. The van der Waals surface area contributed by atoms with E-state index in [1.54, 1.807) is 0 Å². The number of rotatable bonds is 3. The molecule has 0 bridgehead atoms. The van der Waals surface area contributed by atoms with Gasteiger partial charge in [-0.15, -0.1) is 0 Å². The van der Waals surface area contributed by atoms with E-state index in [1.165, 1.54) is 31.4 Å². The molecule has 0 aliphatic heterocycles. The summed E-state index contributed by atoms with van der Waals surface area (Å²) in [6.45, 7) is 0. The molecule has 104 valence electrons. The number of nitrogen functional groups attached to an aromatic ring is 1. The maximum absolute atomic E-state index is 13.4. The Balaban J connectivity index is 2.31. The van der Waals surface area contributed by atoms with Crippen molar-refractivity contribution < 1.29 is 18.3 Å². The monoisotopic (exact) mass is 278 g/mol. The Morgan fingerprint density at radius 2 is 1.85 bits per heavy atom. The smallest absolute Gasteiger partial charge is 0.256 e. The molecule has 0 saturated heterocycles. The first-order valence-electron chi connectivity index (χ1n) is 5.71. The Morgan fingerprint density at radius 1 is 1.20 bits per heavy atom. The zero-order valence-electron chi connectivity index (χ0n) is 10.6. The molecule has 6 heteroatoms. The lowest BCUT2D eigenvalue weighted by Gasteiger charge is -2.09. The van der Waals surface area contributed by atoms with Crippen LogP contribution in [-0.4, -0.2) is 13.0 Å². The molecular formula is C14H12F2N2O2. The van der Waals surface area contributed by atoms with Crippen LogP contribution in [0.25, 0.3) is 0 Å². The number of amides is 1. The third kappa shape index (κ3) is 2.85. The predicted octanol–water partition coefficient (Wildman–Crippen LogP) is 2.81. The van der Waals surface area contributed by atoms with Gasteiger partial charge in [-0.3, -0.25) is 4.79 Å². The summed E-state index contributed by atoms with van der Waals surface area (Å²) in [5.74, 6) is -2.01. The van der Waals surface area contributed by atoms with Gasteiger partial charge in [0.25, 0.3) is 5.91 Å². The number of anilines is 2. The van der Waals surface area contributed by atoms with E-state index < -0.39 is 23.2 Å². The van der Waals surface area contributed by atoms with Crippen molar-refractivity contribution >= 4 is 17.3 Å². The standard InChI is InChI=1S/C14H12F2N2O2/c1-20-10-6-8(5-9(17)7-10)14(19)18-13-11(15)3-2-4-12(13)16/h2-7H,17H2,1H3,(H,18,19). The van der Waals surface area contributed by atoms with Crippen molar-refractivity contribution in [2.45, 2.75) is 0 Å². The van der Waals surface area contributed by atoms with Crippen molar-refractivity contribution in [2.75, 3.05) is 18.2 Å². The van der Waals surface area contributed by atoms with Crippen LogP contribution in [0.4, 0.5) is 20.2 Å². The second kappa shape index (κ2) is 5.56. The Kier molecular flexibility index (Phi) is 3.84. The molecule has 2 aromatic rings. The fourth-order valence-electron chi connectivity index (χ4n) is 1.67. The maximum atomic E-state index is 13.4. The topological polar surface area (TPSA) is 64.3 Å². The van der Waals surface area contributed by atoms with E-state index in [9.17, 15) is 13.6 Å². The molecule has 0 spiro atoms. The zero-order valence-corrected chi connectivity index (χ0v) is 10.6. The molecule has 0 aliphatic carbocycles. The third-order valence-electron chi connectivity index (χ3n) is 2.63. The van der Waals surface area contributed by atoms with Crippen LogP contribution in [-0.2, 0) is 0 Å². The van der Waals surface area contributed by atoms with E-state index in [0.29, 0.717) is 11.4 Å². The van der Waals surface area contributed by atoms with Gasteiger partial charge in [0.05, 0.1) is 7.11 Å². The van der Waals surface area contributed by atoms with E-state index in [1.807, 2.05) is 0 Å². The SMILES string of the molecule is COc1cc(N)cc(C(=O)Nc2c(F)cccc2F)c1. The van der Waals surface area contributed by atoms with Gasteiger partial charge in [-0.1, -0.05) is 6.07 Å². The normalized spacial score (nSPS) is 10.2. The summed E-state index contributed by atoms with van der Waals surface area (Å²) >= 11 is 0. The maximum Gasteiger partial charge on any atom is 0.256 e. The highest BCUT2D eigenvalue weighted by Gasteiger charge is 2.14. The van der Waals surface area contributed by atoms with Gasteiger partial charge in [0.2, 0.25) is 0 Å². The predicted molar refractivity (Wildman–Crippen MR) is 71.7 cm³/mol. The van der Waals surface area contributed by atoms with Crippen molar-refractivity contribution in [3.05, 3.63) is 53.6 Å². The average molecular weight is 278 g/mol. The molecule has 2 rings (SSSR count). The number of nitrogens with two attached hydrogens (primary N) is 1. The zero-order chi connectivity index (χ0) is 14.7. The lowest BCUT2D eigenvalue weighted by Crippen LogP contribution is -2.14. The minimum Gasteiger partial charge on any atom is -0.497 e. The van der Waals surface area contributed by atoms with E-state index in [-0.39, 0.29) is 5.56 Å². The van der Waals surface area contributed by atoms with Gasteiger partial charge in [-0.25, -0.2) is 8.78 Å². The number of carbonyl (C=O) groups is 1. The number of hydrogen-bond acceptors (Lipinski definition) is 3. The summed E-state index contributed by atoms with van der Waals surface area (Å²) in [7, 11) is 1.42. The largest absolute Gasteiger partial charge is 0.497 e. The molecule has 1 amide bonds. The number of methoxy groups -OCH3 is 1. The highest BCUT2D eigenvalue weighted by molar-refractivity contribution is 6.05. The van der Waals surface area contributed by atoms with Crippen LogP contribution in [0.15, 0.2) is 36.4 Å². The van der Waals surface area contributed by atoms with Crippen LogP contribution in [0, 0.1) is 11.6 Å². The Morgan fingerprint density at radius 3 is 2.45 bits per heavy atom. The van der Waals surface area contributed by atoms with Crippen LogP contribution in [0.3, 0.4) is 0 Å². The summed E-state index contributed by atoms with van der Waals surface area (Å²) in [5.41, 5.74) is 5.57. The number of halogens is 2. The molecule has 4 nitrogen and oxygen atoms in total. The number of para-hydroxylation sites is 1.